The average Bonchev–Trinajstić information content (AvgIpc) is 3.36. The van der Waals surface area contributed by atoms with E-state index in [-0.39, 0.29) is 28.6 Å². The van der Waals surface area contributed by atoms with Crippen molar-refractivity contribution >= 4 is 9.84 Å². The highest BCUT2D eigenvalue weighted by Gasteiger charge is 2.32. The van der Waals surface area contributed by atoms with Gasteiger partial charge in [-0.3, -0.25) is 5.73 Å². The van der Waals surface area contributed by atoms with Gasteiger partial charge in [0.15, 0.2) is 32.8 Å². The van der Waals surface area contributed by atoms with Gasteiger partial charge in [0.1, 0.15) is 4.90 Å². The molecule has 0 saturated carbocycles. The zero-order valence-electron chi connectivity index (χ0n) is 22.1. The van der Waals surface area contributed by atoms with Crippen molar-refractivity contribution in [2.75, 3.05) is 34.2 Å². The molecule has 10 heteroatoms. The van der Waals surface area contributed by atoms with Crippen molar-refractivity contribution in [2.45, 2.75) is 56.4 Å². The highest BCUT2D eigenvalue weighted by atomic mass is 32.2. The minimum absolute atomic E-state index is 0.0185. The van der Waals surface area contributed by atoms with Gasteiger partial charge in [-0.05, 0) is 67.5 Å². The van der Waals surface area contributed by atoms with Gasteiger partial charge in [-0.15, -0.1) is 5.92 Å². The molecule has 1 saturated heterocycles. The Morgan fingerprint density at radius 1 is 0.973 bits per heavy atom. The monoisotopic (exact) mass is 533 g/mol. The molecule has 37 heavy (non-hydrogen) atoms. The van der Waals surface area contributed by atoms with Crippen LogP contribution >= 0.6 is 0 Å². The molecule has 1 fully saturated rings. The number of nitrogens with two attached hydrogens (primary N) is 1. The Bertz CT molecular complexity index is 1240. The maximum Gasteiger partial charge on any atom is 0.211 e. The van der Waals surface area contributed by atoms with Gasteiger partial charge in [-0.2, -0.15) is 0 Å². The van der Waals surface area contributed by atoms with E-state index in [2.05, 4.69) is 11.8 Å². The Morgan fingerprint density at radius 2 is 1.54 bits per heavy atom. The number of rotatable bonds is 11. The van der Waals surface area contributed by atoms with E-state index < -0.39 is 16.1 Å². The van der Waals surface area contributed by atoms with Gasteiger partial charge in [0, 0.05) is 6.26 Å². The highest BCUT2D eigenvalue weighted by molar-refractivity contribution is 7.90. The van der Waals surface area contributed by atoms with E-state index >= 15 is 0 Å². The standard InChI is InChI=1S/C27H35NO8S/c1-7-9-25(28)36-23-15-18(16-24(37(6,29)30)27(23)34-12-8-2)20-11-10-19(35-20)17-13-21(31-3)26(33-5)22(14-17)32-4/h13-16,19-20,25H,8,10-12,28H2,1-6H3. The van der Waals surface area contributed by atoms with E-state index in [0.29, 0.717) is 48.7 Å². The second kappa shape index (κ2) is 12.4. The zero-order valence-corrected chi connectivity index (χ0v) is 22.9. The molecule has 9 nitrogen and oxygen atoms in total. The maximum absolute atomic E-state index is 12.8. The fourth-order valence-corrected chi connectivity index (χ4v) is 5.06. The van der Waals surface area contributed by atoms with E-state index in [4.69, 9.17) is 34.2 Å². The normalized spacial score (nSPS) is 17.9. The van der Waals surface area contributed by atoms with Crippen molar-refractivity contribution in [2.24, 2.45) is 5.73 Å². The van der Waals surface area contributed by atoms with Crippen LogP contribution < -0.4 is 29.4 Å². The first-order chi connectivity index (χ1) is 17.7. The van der Waals surface area contributed by atoms with Gasteiger partial charge < -0.3 is 28.4 Å². The maximum atomic E-state index is 12.8. The Labute approximate surface area is 219 Å². The first-order valence-electron chi connectivity index (χ1n) is 12.0. The molecule has 2 aromatic carbocycles. The predicted molar refractivity (Wildman–Crippen MR) is 139 cm³/mol. The van der Waals surface area contributed by atoms with Crippen molar-refractivity contribution < 1.29 is 36.8 Å². The van der Waals surface area contributed by atoms with Gasteiger partial charge in [-0.1, -0.05) is 6.92 Å². The molecule has 0 aromatic heterocycles. The lowest BCUT2D eigenvalue weighted by atomic mass is 10.0. The Kier molecular flexibility index (Phi) is 9.54. The number of methoxy groups -OCH3 is 3. The molecule has 0 bridgehead atoms. The van der Waals surface area contributed by atoms with Crippen LogP contribution in [0.4, 0.5) is 0 Å². The van der Waals surface area contributed by atoms with Crippen LogP contribution in [-0.4, -0.2) is 48.8 Å². The molecule has 2 aromatic rings. The van der Waals surface area contributed by atoms with Gasteiger partial charge in [-0.25, -0.2) is 8.42 Å². The summed E-state index contributed by atoms with van der Waals surface area (Å²) in [7, 11) is 1.00. The predicted octanol–water partition coefficient (Wildman–Crippen LogP) is 4.18. The van der Waals surface area contributed by atoms with Gasteiger partial charge in [0.05, 0.1) is 40.1 Å². The Morgan fingerprint density at radius 3 is 2.03 bits per heavy atom. The quantitative estimate of drug-likeness (QED) is 0.335. The minimum atomic E-state index is -3.66. The van der Waals surface area contributed by atoms with Crippen LogP contribution in [0, 0.1) is 11.8 Å². The van der Waals surface area contributed by atoms with Crippen molar-refractivity contribution in [3.8, 4) is 40.6 Å². The molecule has 1 aliphatic rings. The lowest BCUT2D eigenvalue weighted by molar-refractivity contribution is 0.0434. The number of ether oxygens (including phenoxy) is 6. The van der Waals surface area contributed by atoms with Crippen LogP contribution in [0.25, 0.3) is 0 Å². The molecule has 2 N–H and O–H groups in total. The van der Waals surface area contributed by atoms with Gasteiger partial charge in [0.25, 0.3) is 0 Å². The molecule has 0 amide bonds. The second-order valence-corrected chi connectivity index (χ2v) is 10.5. The summed E-state index contributed by atoms with van der Waals surface area (Å²) in [5.74, 6) is 7.31. The molecular weight excluding hydrogens is 498 g/mol. The lowest BCUT2D eigenvalue weighted by Crippen LogP contribution is -2.25. The Balaban J connectivity index is 2.02. The van der Waals surface area contributed by atoms with Crippen LogP contribution in [0.5, 0.6) is 28.7 Å². The summed E-state index contributed by atoms with van der Waals surface area (Å²) in [6, 6.07) is 7.02. The molecular formula is C27H35NO8S. The van der Waals surface area contributed by atoms with Gasteiger partial charge in [0.2, 0.25) is 12.0 Å². The van der Waals surface area contributed by atoms with Crippen LogP contribution in [0.3, 0.4) is 0 Å². The third-order valence-electron chi connectivity index (χ3n) is 5.88. The van der Waals surface area contributed by atoms with Crippen molar-refractivity contribution in [1.82, 2.24) is 0 Å². The summed E-state index contributed by atoms with van der Waals surface area (Å²) >= 11 is 0. The lowest BCUT2D eigenvalue weighted by Gasteiger charge is -2.21. The summed E-state index contributed by atoms with van der Waals surface area (Å²) in [4.78, 5) is 0.0185. The molecule has 3 rings (SSSR count). The largest absolute Gasteiger partial charge is 0.493 e. The summed E-state index contributed by atoms with van der Waals surface area (Å²) in [5, 5.41) is 0. The van der Waals surface area contributed by atoms with Gasteiger partial charge >= 0.3 is 0 Å². The molecule has 3 unspecified atom stereocenters. The molecule has 0 aliphatic carbocycles. The van der Waals surface area contributed by atoms with Crippen molar-refractivity contribution in [3.05, 3.63) is 35.4 Å². The topological polar surface area (TPSA) is 116 Å². The molecule has 1 aliphatic heterocycles. The Hall–Kier alpha value is -3.13. The fourth-order valence-electron chi connectivity index (χ4n) is 4.22. The third-order valence-corrected chi connectivity index (χ3v) is 6.99. The van der Waals surface area contributed by atoms with E-state index in [1.807, 2.05) is 19.1 Å². The summed E-state index contributed by atoms with van der Waals surface area (Å²) in [5.41, 5.74) is 7.49. The van der Waals surface area contributed by atoms with Crippen molar-refractivity contribution in [3.63, 3.8) is 0 Å². The summed E-state index contributed by atoms with van der Waals surface area (Å²) in [6.45, 7) is 3.89. The van der Waals surface area contributed by atoms with E-state index in [1.54, 1.807) is 40.4 Å². The smallest absolute Gasteiger partial charge is 0.211 e. The third kappa shape index (κ3) is 6.60. The van der Waals surface area contributed by atoms with E-state index in [0.717, 1.165) is 11.8 Å². The fraction of sp³-hybridized carbons (Fsp3) is 0.481. The number of hydrogen-bond acceptors (Lipinski definition) is 9. The molecule has 202 valence electrons. The van der Waals surface area contributed by atoms with Crippen LogP contribution in [0.2, 0.25) is 0 Å². The average molecular weight is 534 g/mol. The van der Waals surface area contributed by atoms with Crippen LogP contribution in [0.1, 0.15) is 56.4 Å². The number of benzene rings is 2. The zero-order chi connectivity index (χ0) is 27.2. The van der Waals surface area contributed by atoms with Crippen LogP contribution in [-0.2, 0) is 14.6 Å². The van der Waals surface area contributed by atoms with Crippen molar-refractivity contribution in [1.29, 1.82) is 0 Å². The molecule has 3 atom stereocenters. The second-order valence-electron chi connectivity index (χ2n) is 8.55. The minimum Gasteiger partial charge on any atom is -0.493 e. The van der Waals surface area contributed by atoms with E-state index in [1.165, 1.54) is 0 Å². The molecule has 1 heterocycles. The first-order valence-corrected chi connectivity index (χ1v) is 13.9. The number of sulfone groups is 1. The summed E-state index contributed by atoms with van der Waals surface area (Å²) in [6.07, 6.45) is 1.56. The van der Waals surface area contributed by atoms with Crippen LogP contribution in [0.15, 0.2) is 29.2 Å². The first kappa shape index (κ1) is 28.4. The van der Waals surface area contributed by atoms with E-state index in [9.17, 15) is 8.42 Å². The number of hydrogen-bond donors (Lipinski definition) is 1. The SMILES string of the molecule is CC#CC(N)Oc1cc(C2CCC(c3cc(OC)c(OC)c(OC)c3)O2)cc(S(C)(=O)=O)c1OCCC. The molecule has 0 radical (unpaired) electrons. The molecule has 0 spiro atoms. The highest BCUT2D eigenvalue weighted by Crippen LogP contribution is 2.48. The summed E-state index contributed by atoms with van der Waals surface area (Å²) < 4.78 is 59.9.